The summed E-state index contributed by atoms with van der Waals surface area (Å²) in [6, 6.07) is 17.5. The minimum Gasteiger partial charge on any atom is -0.507 e. The van der Waals surface area contributed by atoms with Gasteiger partial charge >= 0.3 is 0 Å². The van der Waals surface area contributed by atoms with E-state index in [-0.39, 0.29) is 11.3 Å². The zero-order valence-corrected chi connectivity index (χ0v) is 16.2. The van der Waals surface area contributed by atoms with Crippen LogP contribution in [-0.2, 0) is 9.59 Å². The number of rotatable bonds is 3. The zero-order chi connectivity index (χ0) is 20.5. The summed E-state index contributed by atoms with van der Waals surface area (Å²) in [7, 11) is 0. The third-order valence-electron chi connectivity index (χ3n) is 5.00. The van der Waals surface area contributed by atoms with Crippen LogP contribution in [0, 0.1) is 13.8 Å². The van der Waals surface area contributed by atoms with E-state index >= 15 is 0 Å². The molecule has 1 N–H and O–H groups in total. The molecule has 0 saturated carbocycles. The van der Waals surface area contributed by atoms with Crippen molar-refractivity contribution in [1.29, 1.82) is 0 Å². The highest BCUT2D eigenvalue weighted by Gasteiger charge is 2.46. The number of amides is 1. The zero-order valence-electron chi connectivity index (χ0n) is 16.2. The summed E-state index contributed by atoms with van der Waals surface area (Å²) in [6.45, 7) is 3.89. The van der Waals surface area contributed by atoms with Gasteiger partial charge in [0.2, 0.25) is 0 Å². The number of hydrogen-bond acceptors (Lipinski definition) is 4. The number of aryl methyl sites for hydroxylation is 2. The van der Waals surface area contributed by atoms with E-state index in [0.29, 0.717) is 11.3 Å². The number of Topliss-reactive ketones (excluding diaryl/α,β-unsaturated/α-hetero) is 1. The summed E-state index contributed by atoms with van der Waals surface area (Å²) < 4.78 is 0. The molecule has 5 heteroatoms. The Balaban J connectivity index is 1.97. The molecule has 0 bridgehead atoms. The fourth-order valence-electron chi connectivity index (χ4n) is 3.80. The predicted octanol–water partition coefficient (Wildman–Crippen LogP) is 4.32. The average molecular weight is 384 g/mol. The second-order valence-electron chi connectivity index (χ2n) is 7.16. The predicted molar refractivity (Wildman–Crippen MR) is 111 cm³/mol. The van der Waals surface area contributed by atoms with Gasteiger partial charge in [-0.25, -0.2) is 0 Å². The van der Waals surface area contributed by atoms with Crippen LogP contribution in [0.3, 0.4) is 0 Å². The lowest BCUT2D eigenvalue weighted by atomic mass is 9.95. The number of nitrogens with zero attached hydrogens (tertiary/aromatic N) is 2. The van der Waals surface area contributed by atoms with E-state index in [9.17, 15) is 14.7 Å². The molecule has 3 aromatic rings. The standard InChI is InChI=1S/C24H20N2O3/c1-15-12-16(2)14-19(13-15)26-21(17-6-4-3-5-7-17)20(23(28)24(26)29)22(27)18-8-10-25-11-9-18/h3-14,21,27H,1-2H3/b22-20+. The van der Waals surface area contributed by atoms with E-state index in [2.05, 4.69) is 4.98 Å². The minimum atomic E-state index is -0.717. The first kappa shape index (κ1) is 18.6. The molecule has 1 saturated heterocycles. The van der Waals surface area contributed by atoms with Crippen molar-refractivity contribution in [3.63, 3.8) is 0 Å². The molecule has 0 spiro atoms. The number of carbonyl (C=O) groups excluding carboxylic acids is 2. The smallest absolute Gasteiger partial charge is 0.300 e. The Bertz CT molecular complexity index is 1100. The maximum absolute atomic E-state index is 13.1. The van der Waals surface area contributed by atoms with Crippen molar-refractivity contribution < 1.29 is 14.7 Å². The van der Waals surface area contributed by atoms with Gasteiger partial charge in [0.15, 0.2) is 0 Å². The van der Waals surface area contributed by atoms with Crippen LogP contribution in [0.2, 0.25) is 0 Å². The first-order valence-electron chi connectivity index (χ1n) is 9.32. The van der Waals surface area contributed by atoms with Crippen molar-refractivity contribution in [2.24, 2.45) is 0 Å². The van der Waals surface area contributed by atoms with Crippen molar-refractivity contribution in [3.05, 3.63) is 101 Å². The number of anilines is 1. The molecule has 29 heavy (non-hydrogen) atoms. The first-order valence-corrected chi connectivity index (χ1v) is 9.32. The second kappa shape index (κ2) is 7.36. The molecular weight excluding hydrogens is 364 g/mol. The third-order valence-corrected chi connectivity index (χ3v) is 5.00. The van der Waals surface area contributed by atoms with Crippen molar-refractivity contribution in [3.8, 4) is 0 Å². The molecule has 4 rings (SSSR count). The van der Waals surface area contributed by atoms with Gasteiger partial charge < -0.3 is 5.11 Å². The normalized spacial score (nSPS) is 18.3. The van der Waals surface area contributed by atoms with Crippen LogP contribution in [0.25, 0.3) is 5.76 Å². The number of carbonyl (C=O) groups is 2. The van der Waals surface area contributed by atoms with Crippen LogP contribution >= 0.6 is 0 Å². The van der Waals surface area contributed by atoms with Crippen LogP contribution in [0.15, 0.2) is 78.6 Å². The molecule has 1 aliphatic rings. The van der Waals surface area contributed by atoms with Crippen molar-refractivity contribution in [2.75, 3.05) is 4.90 Å². The topological polar surface area (TPSA) is 70.5 Å². The fraction of sp³-hybridized carbons (Fsp3) is 0.125. The van der Waals surface area contributed by atoms with Gasteiger partial charge in [-0.15, -0.1) is 0 Å². The van der Waals surface area contributed by atoms with E-state index in [0.717, 1.165) is 16.7 Å². The molecule has 1 unspecified atom stereocenters. The van der Waals surface area contributed by atoms with Gasteiger partial charge in [0.25, 0.3) is 11.7 Å². The molecule has 1 aromatic heterocycles. The highest BCUT2D eigenvalue weighted by molar-refractivity contribution is 6.51. The van der Waals surface area contributed by atoms with Crippen molar-refractivity contribution >= 4 is 23.1 Å². The third kappa shape index (κ3) is 3.31. The summed E-state index contributed by atoms with van der Waals surface area (Å²) in [5, 5.41) is 11.0. The summed E-state index contributed by atoms with van der Waals surface area (Å²) in [5.41, 5.74) is 3.88. The molecule has 0 aliphatic carbocycles. The molecule has 1 amide bonds. The lowest BCUT2D eigenvalue weighted by molar-refractivity contribution is -0.132. The van der Waals surface area contributed by atoms with Gasteiger partial charge in [0.05, 0.1) is 11.6 Å². The van der Waals surface area contributed by atoms with Gasteiger partial charge in [-0.3, -0.25) is 19.5 Å². The van der Waals surface area contributed by atoms with Gasteiger partial charge in [0, 0.05) is 23.6 Å². The summed E-state index contributed by atoms with van der Waals surface area (Å²) in [5.74, 6) is -1.56. The monoisotopic (exact) mass is 384 g/mol. The Morgan fingerprint density at radius 1 is 0.931 bits per heavy atom. The maximum atomic E-state index is 13.1. The van der Waals surface area contributed by atoms with Crippen LogP contribution in [-0.4, -0.2) is 21.8 Å². The number of hydrogen-bond donors (Lipinski definition) is 1. The Morgan fingerprint density at radius 3 is 2.17 bits per heavy atom. The van der Waals surface area contributed by atoms with E-state index in [1.54, 1.807) is 12.1 Å². The Kier molecular flexibility index (Phi) is 4.72. The van der Waals surface area contributed by atoms with Crippen LogP contribution in [0.1, 0.15) is 28.3 Å². The number of aliphatic hydroxyl groups excluding tert-OH is 1. The number of ketones is 1. The van der Waals surface area contributed by atoms with Gasteiger partial charge in [-0.05, 0) is 54.8 Å². The van der Waals surface area contributed by atoms with Crippen LogP contribution < -0.4 is 4.90 Å². The molecule has 5 nitrogen and oxygen atoms in total. The highest BCUT2D eigenvalue weighted by Crippen LogP contribution is 2.42. The van der Waals surface area contributed by atoms with Crippen molar-refractivity contribution in [2.45, 2.75) is 19.9 Å². The van der Waals surface area contributed by atoms with Gasteiger partial charge in [0.1, 0.15) is 5.76 Å². The lowest BCUT2D eigenvalue weighted by Crippen LogP contribution is -2.29. The number of benzene rings is 2. The minimum absolute atomic E-state index is 0.0755. The molecular formula is C24H20N2O3. The van der Waals surface area contributed by atoms with Gasteiger partial charge in [-0.2, -0.15) is 0 Å². The first-order chi connectivity index (χ1) is 14.0. The van der Waals surface area contributed by atoms with E-state index in [4.69, 9.17) is 0 Å². The molecule has 0 radical (unpaired) electrons. The van der Waals surface area contributed by atoms with E-state index in [1.807, 2.05) is 62.4 Å². The fourth-order valence-corrected chi connectivity index (χ4v) is 3.80. The Labute approximate surface area is 169 Å². The maximum Gasteiger partial charge on any atom is 0.300 e. The summed E-state index contributed by atoms with van der Waals surface area (Å²) >= 11 is 0. The number of pyridine rings is 1. The van der Waals surface area contributed by atoms with E-state index in [1.165, 1.54) is 17.3 Å². The largest absolute Gasteiger partial charge is 0.507 e. The number of aliphatic hydroxyl groups is 1. The Morgan fingerprint density at radius 2 is 1.55 bits per heavy atom. The number of aromatic nitrogens is 1. The van der Waals surface area contributed by atoms with Crippen LogP contribution in [0.4, 0.5) is 5.69 Å². The Hall–Kier alpha value is -3.73. The molecule has 2 aromatic carbocycles. The van der Waals surface area contributed by atoms with Crippen LogP contribution in [0.5, 0.6) is 0 Å². The second-order valence-corrected chi connectivity index (χ2v) is 7.16. The summed E-state index contributed by atoms with van der Waals surface area (Å²) in [4.78, 5) is 31.5. The molecule has 144 valence electrons. The average Bonchev–Trinajstić information content (AvgIpc) is 2.99. The molecule has 2 heterocycles. The van der Waals surface area contributed by atoms with E-state index < -0.39 is 17.7 Å². The molecule has 1 fully saturated rings. The lowest BCUT2D eigenvalue weighted by Gasteiger charge is -2.26. The molecule has 1 atom stereocenters. The van der Waals surface area contributed by atoms with Gasteiger partial charge in [-0.1, -0.05) is 36.4 Å². The summed E-state index contributed by atoms with van der Waals surface area (Å²) in [6.07, 6.45) is 3.07. The highest BCUT2D eigenvalue weighted by atomic mass is 16.3. The molecule has 1 aliphatic heterocycles. The quantitative estimate of drug-likeness (QED) is 0.415. The van der Waals surface area contributed by atoms with Crippen molar-refractivity contribution in [1.82, 2.24) is 4.98 Å². The SMILES string of the molecule is Cc1cc(C)cc(N2C(=O)C(=O)/C(=C(/O)c3ccncc3)C2c2ccccc2)c1.